The van der Waals surface area contributed by atoms with E-state index in [2.05, 4.69) is 5.32 Å². The zero-order chi connectivity index (χ0) is 13.4. The molecule has 0 aromatic carbocycles. The van der Waals surface area contributed by atoms with Gasteiger partial charge in [0.25, 0.3) is 0 Å². The molecule has 18 heavy (non-hydrogen) atoms. The van der Waals surface area contributed by atoms with Gasteiger partial charge in [-0.3, -0.25) is 4.79 Å². The first-order valence-electron chi connectivity index (χ1n) is 6.37. The van der Waals surface area contributed by atoms with Crippen molar-refractivity contribution in [2.45, 2.75) is 32.2 Å². The van der Waals surface area contributed by atoms with Gasteiger partial charge in [0, 0.05) is 19.7 Å². The van der Waals surface area contributed by atoms with Crippen LogP contribution >= 0.6 is 0 Å². The molecule has 1 rings (SSSR count). The van der Waals surface area contributed by atoms with Crippen LogP contribution in [0.5, 0.6) is 0 Å². The van der Waals surface area contributed by atoms with Gasteiger partial charge in [0.15, 0.2) is 0 Å². The number of nitrogens with zero attached hydrogens (tertiary/aromatic N) is 1. The first kappa shape index (κ1) is 14.8. The van der Waals surface area contributed by atoms with Crippen LogP contribution in [0.1, 0.15) is 26.2 Å². The van der Waals surface area contributed by atoms with E-state index in [1.807, 2.05) is 0 Å². The van der Waals surface area contributed by atoms with Crippen LogP contribution in [-0.2, 0) is 14.3 Å². The van der Waals surface area contributed by atoms with Gasteiger partial charge >= 0.3 is 12.0 Å². The molecule has 0 aliphatic heterocycles. The van der Waals surface area contributed by atoms with Gasteiger partial charge in [-0.15, -0.1) is 0 Å². The first-order valence-corrected chi connectivity index (χ1v) is 6.37. The molecule has 0 spiro atoms. The predicted octanol–water partition coefficient (Wildman–Crippen LogP) is 0.760. The van der Waals surface area contributed by atoms with Crippen LogP contribution in [-0.4, -0.2) is 56.4 Å². The maximum absolute atomic E-state index is 11.9. The highest BCUT2D eigenvalue weighted by Crippen LogP contribution is 2.18. The van der Waals surface area contributed by atoms with E-state index in [1.165, 1.54) is 4.90 Å². The van der Waals surface area contributed by atoms with Gasteiger partial charge in [0.2, 0.25) is 0 Å². The standard InChI is InChI=1S/C12H22N2O4/c1-3-18-11(15)9-14(7-8-17-2)12(16)13-10-5-4-6-10/h10H,3-9H2,1-2H3,(H,13,16). The zero-order valence-electron chi connectivity index (χ0n) is 11.1. The van der Waals surface area contributed by atoms with E-state index in [-0.39, 0.29) is 18.6 Å². The van der Waals surface area contributed by atoms with Gasteiger partial charge in [-0.2, -0.15) is 0 Å². The average Bonchev–Trinajstić information content (AvgIpc) is 2.29. The summed E-state index contributed by atoms with van der Waals surface area (Å²) in [4.78, 5) is 24.8. The Hall–Kier alpha value is -1.30. The molecule has 0 aromatic heterocycles. The molecular weight excluding hydrogens is 236 g/mol. The van der Waals surface area contributed by atoms with Gasteiger partial charge in [-0.25, -0.2) is 4.79 Å². The molecule has 0 heterocycles. The Labute approximate surface area is 108 Å². The number of methoxy groups -OCH3 is 1. The van der Waals surface area contributed by atoms with Gasteiger partial charge in [-0.1, -0.05) is 0 Å². The lowest BCUT2D eigenvalue weighted by Gasteiger charge is -2.30. The van der Waals surface area contributed by atoms with Crippen LogP contribution in [0, 0.1) is 0 Å². The van der Waals surface area contributed by atoms with Crippen molar-refractivity contribution in [2.24, 2.45) is 0 Å². The number of nitrogens with one attached hydrogen (secondary N) is 1. The molecule has 0 atom stereocenters. The smallest absolute Gasteiger partial charge is 0.325 e. The highest BCUT2D eigenvalue weighted by atomic mass is 16.5. The monoisotopic (exact) mass is 258 g/mol. The molecule has 104 valence electrons. The van der Waals surface area contributed by atoms with Gasteiger partial charge in [-0.05, 0) is 26.2 Å². The van der Waals surface area contributed by atoms with Crippen molar-refractivity contribution >= 4 is 12.0 Å². The molecular formula is C12H22N2O4. The fourth-order valence-corrected chi connectivity index (χ4v) is 1.63. The minimum atomic E-state index is -0.391. The third-order valence-corrected chi connectivity index (χ3v) is 2.91. The van der Waals surface area contributed by atoms with E-state index >= 15 is 0 Å². The number of amides is 2. The van der Waals surface area contributed by atoms with Crippen molar-refractivity contribution in [3.63, 3.8) is 0 Å². The summed E-state index contributed by atoms with van der Waals surface area (Å²) in [5.41, 5.74) is 0. The van der Waals surface area contributed by atoms with E-state index in [9.17, 15) is 9.59 Å². The third kappa shape index (κ3) is 4.91. The second-order valence-corrected chi connectivity index (χ2v) is 4.30. The van der Waals surface area contributed by atoms with Crippen LogP contribution in [0.25, 0.3) is 0 Å². The summed E-state index contributed by atoms with van der Waals surface area (Å²) in [5.74, 6) is -0.391. The second kappa shape index (κ2) is 7.92. The third-order valence-electron chi connectivity index (χ3n) is 2.91. The number of esters is 1. The van der Waals surface area contributed by atoms with Gasteiger partial charge in [0.05, 0.1) is 13.2 Å². The van der Waals surface area contributed by atoms with Crippen molar-refractivity contribution in [1.29, 1.82) is 0 Å². The van der Waals surface area contributed by atoms with Crippen LogP contribution in [0.3, 0.4) is 0 Å². The average molecular weight is 258 g/mol. The van der Waals surface area contributed by atoms with Crippen molar-refractivity contribution in [3.8, 4) is 0 Å². The molecule has 2 amide bonds. The van der Waals surface area contributed by atoms with E-state index in [0.29, 0.717) is 19.8 Å². The Balaban J connectivity index is 2.41. The Morgan fingerprint density at radius 3 is 2.61 bits per heavy atom. The molecule has 1 aliphatic rings. The van der Waals surface area contributed by atoms with Crippen molar-refractivity contribution < 1.29 is 19.1 Å². The molecule has 0 saturated heterocycles. The SMILES string of the molecule is CCOC(=O)CN(CCOC)C(=O)NC1CCC1. The Morgan fingerprint density at radius 1 is 1.39 bits per heavy atom. The minimum absolute atomic E-state index is 0.0320. The molecule has 1 aliphatic carbocycles. The lowest BCUT2D eigenvalue weighted by molar-refractivity contribution is -0.143. The molecule has 0 aromatic rings. The van der Waals surface area contributed by atoms with Crippen molar-refractivity contribution in [3.05, 3.63) is 0 Å². The highest BCUT2D eigenvalue weighted by molar-refractivity contribution is 5.81. The fraction of sp³-hybridized carbons (Fsp3) is 0.833. The lowest BCUT2D eigenvalue weighted by Crippen LogP contribution is -2.49. The van der Waals surface area contributed by atoms with E-state index in [4.69, 9.17) is 9.47 Å². The predicted molar refractivity (Wildman–Crippen MR) is 66.3 cm³/mol. The normalized spacial score (nSPS) is 14.8. The second-order valence-electron chi connectivity index (χ2n) is 4.30. The minimum Gasteiger partial charge on any atom is -0.465 e. The molecule has 1 N–H and O–H groups in total. The zero-order valence-corrected chi connectivity index (χ0v) is 11.1. The molecule has 0 unspecified atom stereocenters. The maximum Gasteiger partial charge on any atom is 0.325 e. The quantitative estimate of drug-likeness (QED) is 0.685. The summed E-state index contributed by atoms with van der Waals surface area (Å²) in [7, 11) is 1.56. The molecule has 6 nitrogen and oxygen atoms in total. The number of hydrogen-bond acceptors (Lipinski definition) is 4. The summed E-state index contributed by atoms with van der Waals surface area (Å²) in [5, 5.41) is 2.90. The molecule has 6 heteroatoms. The van der Waals surface area contributed by atoms with Gasteiger partial charge < -0.3 is 19.7 Å². The largest absolute Gasteiger partial charge is 0.465 e. The lowest BCUT2D eigenvalue weighted by atomic mass is 9.93. The summed E-state index contributed by atoms with van der Waals surface area (Å²) >= 11 is 0. The van der Waals surface area contributed by atoms with Crippen molar-refractivity contribution in [1.82, 2.24) is 10.2 Å². The summed E-state index contributed by atoms with van der Waals surface area (Å²) < 4.78 is 9.78. The summed E-state index contributed by atoms with van der Waals surface area (Å²) in [6, 6.07) is 0.0366. The molecule has 1 saturated carbocycles. The maximum atomic E-state index is 11.9. The number of carbonyl (C=O) groups excluding carboxylic acids is 2. The number of urea groups is 1. The molecule has 0 radical (unpaired) electrons. The van der Waals surface area contributed by atoms with Crippen LogP contribution in [0.4, 0.5) is 4.79 Å². The Morgan fingerprint density at radius 2 is 2.11 bits per heavy atom. The summed E-state index contributed by atoms with van der Waals surface area (Å²) in [6.07, 6.45) is 3.19. The van der Waals surface area contributed by atoms with Crippen molar-refractivity contribution in [2.75, 3.05) is 33.4 Å². The van der Waals surface area contributed by atoms with E-state index < -0.39 is 5.97 Å². The van der Waals surface area contributed by atoms with Crippen LogP contribution in [0.2, 0.25) is 0 Å². The molecule has 0 bridgehead atoms. The van der Waals surface area contributed by atoms with E-state index in [0.717, 1.165) is 19.3 Å². The van der Waals surface area contributed by atoms with Crippen LogP contribution < -0.4 is 5.32 Å². The Kier molecular flexibility index (Phi) is 6.49. The highest BCUT2D eigenvalue weighted by Gasteiger charge is 2.24. The summed E-state index contributed by atoms with van der Waals surface area (Å²) in [6.45, 7) is 2.81. The van der Waals surface area contributed by atoms with E-state index in [1.54, 1.807) is 14.0 Å². The number of rotatable bonds is 7. The number of carbonyl (C=O) groups is 2. The van der Waals surface area contributed by atoms with Gasteiger partial charge in [0.1, 0.15) is 6.54 Å². The van der Waals surface area contributed by atoms with Crippen LogP contribution in [0.15, 0.2) is 0 Å². The number of hydrogen-bond donors (Lipinski definition) is 1. The fourth-order valence-electron chi connectivity index (χ4n) is 1.63. The Bertz CT molecular complexity index is 279. The molecule has 1 fully saturated rings. The number of ether oxygens (including phenoxy) is 2. The first-order chi connectivity index (χ1) is 8.67. The topological polar surface area (TPSA) is 67.9 Å².